The van der Waals surface area contributed by atoms with E-state index in [1.807, 2.05) is 0 Å². The van der Waals surface area contributed by atoms with Crippen LogP contribution in [0.25, 0.3) is 0 Å². The van der Waals surface area contributed by atoms with Gasteiger partial charge in [-0.1, -0.05) is 0 Å². The monoisotopic (exact) mass is 265 g/mol. The van der Waals surface area contributed by atoms with Crippen LogP contribution in [-0.4, -0.2) is 41.2 Å². The summed E-state index contributed by atoms with van der Waals surface area (Å²) in [4.78, 5) is 12.7. The normalized spacial score (nSPS) is 33.1. The number of rotatable bonds is 4. The maximum absolute atomic E-state index is 12.5. The number of carbonyl (C=O) groups is 1. The molecule has 4 N–H and O–H groups in total. The van der Waals surface area contributed by atoms with E-state index in [0.29, 0.717) is 12.8 Å². The van der Waals surface area contributed by atoms with E-state index in [1.54, 1.807) is 0 Å². The van der Waals surface area contributed by atoms with Gasteiger partial charge in [0.2, 0.25) is 5.91 Å². The van der Waals surface area contributed by atoms with E-state index >= 15 is 0 Å². The molecule has 0 radical (unpaired) electrons. The highest BCUT2D eigenvalue weighted by Crippen LogP contribution is 2.39. The number of nitrogens with zero attached hydrogens (tertiary/aromatic N) is 1. The van der Waals surface area contributed by atoms with E-state index in [4.69, 9.17) is 11.5 Å². The third-order valence-electron chi connectivity index (χ3n) is 3.86. The summed E-state index contributed by atoms with van der Waals surface area (Å²) >= 11 is 0. The van der Waals surface area contributed by atoms with Gasteiger partial charge in [-0.25, -0.2) is 0 Å². The Morgan fingerprint density at radius 3 is 2.28 bits per heavy atom. The fourth-order valence-corrected chi connectivity index (χ4v) is 2.73. The molecule has 0 saturated heterocycles. The van der Waals surface area contributed by atoms with Crippen LogP contribution >= 0.6 is 0 Å². The maximum atomic E-state index is 12.5. The van der Waals surface area contributed by atoms with Crippen LogP contribution in [0.2, 0.25) is 0 Å². The van der Waals surface area contributed by atoms with Crippen LogP contribution in [0, 0.1) is 0 Å². The molecule has 0 aromatic carbocycles. The van der Waals surface area contributed by atoms with Crippen molar-refractivity contribution in [2.24, 2.45) is 11.5 Å². The van der Waals surface area contributed by atoms with Crippen LogP contribution < -0.4 is 11.5 Å². The van der Waals surface area contributed by atoms with Gasteiger partial charge in [0.15, 0.2) is 0 Å². The smallest absolute Gasteiger partial charge is 0.368 e. The zero-order chi connectivity index (χ0) is 13.6. The molecule has 0 spiro atoms. The summed E-state index contributed by atoms with van der Waals surface area (Å²) in [5, 5.41) is 0. The highest BCUT2D eigenvalue weighted by atomic mass is 19.4. The standard InChI is InChI=1S/C11H18F3N3O/c12-11(13,14)6-17(7-1-2-7)8-3-4-10(16,5-8)9(15)18/h7-8H,1-6,16H2,(H2,15,18). The second-order valence-corrected chi connectivity index (χ2v) is 5.44. The van der Waals surface area contributed by atoms with E-state index < -0.39 is 24.2 Å². The summed E-state index contributed by atoms with van der Waals surface area (Å²) < 4.78 is 37.6. The summed E-state index contributed by atoms with van der Waals surface area (Å²) in [7, 11) is 0. The molecule has 2 unspecified atom stereocenters. The van der Waals surface area contributed by atoms with E-state index in [-0.39, 0.29) is 18.5 Å². The van der Waals surface area contributed by atoms with Gasteiger partial charge in [0, 0.05) is 12.1 Å². The number of primary amides is 1. The van der Waals surface area contributed by atoms with Gasteiger partial charge in [-0.15, -0.1) is 0 Å². The van der Waals surface area contributed by atoms with E-state index in [0.717, 1.165) is 12.8 Å². The lowest BCUT2D eigenvalue weighted by atomic mass is 9.98. The van der Waals surface area contributed by atoms with Crippen LogP contribution in [0.15, 0.2) is 0 Å². The van der Waals surface area contributed by atoms with Gasteiger partial charge in [-0.2, -0.15) is 13.2 Å². The first kappa shape index (κ1) is 13.6. The van der Waals surface area contributed by atoms with E-state index in [2.05, 4.69) is 0 Å². The van der Waals surface area contributed by atoms with Gasteiger partial charge in [-0.05, 0) is 32.1 Å². The molecule has 0 bridgehead atoms. The van der Waals surface area contributed by atoms with Crippen molar-refractivity contribution in [2.75, 3.05) is 6.54 Å². The molecule has 0 aromatic rings. The Labute approximate surface area is 103 Å². The summed E-state index contributed by atoms with van der Waals surface area (Å²) in [6, 6.07) is -0.288. The second-order valence-electron chi connectivity index (χ2n) is 5.44. The van der Waals surface area contributed by atoms with Crippen LogP contribution in [0.4, 0.5) is 13.2 Å². The topological polar surface area (TPSA) is 72.3 Å². The van der Waals surface area contributed by atoms with Gasteiger partial charge in [0.25, 0.3) is 0 Å². The number of nitrogens with two attached hydrogens (primary N) is 2. The summed E-state index contributed by atoms with van der Waals surface area (Å²) in [5.41, 5.74) is 9.91. The van der Waals surface area contributed by atoms with Gasteiger partial charge < -0.3 is 11.5 Å². The third kappa shape index (κ3) is 2.95. The lowest BCUT2D eigenvalue weighted by molar-refractivity contribution is -0.152. The van der Waals surface area contributed by atoms with Crippen LogP contribution in [0.5, 0.6) is 0 Å². The van der Waals surface area contributed by atoms with Crippen molar-refractivity contribution in [3.05, 3.63) is 0 Å². The molecule has 2 fully saturated rings. The molecule has 1 amide bonds. The zero-order valence-electron chi connectivity index (χ0n) is 10.0. The summed E-state index contributed by atoms with van der Waals surface area (Å²) in [5.74, 6) is -0.618. The summed E-state index contributed by atoms with van der Waals surface area (Å²) in [6.45, 7) is -0.919. The molecule has 2 aliphatic rings. The highest BCUT2D eigenvalue weighted by Gasteiger charge is 2.48. The predicted octanol–water partition coefficient (Wildman–Crippen LogP) is 0.748. The number of carbonyl (C=O) groups excluding carboxylic acids is 1. The lowest BCUT2D eigenvalue weighted by Gasteiger charge is -2.30. The Balaban J connectivity index is 2.03. The van der Waals surface area contributed by atoms with Gasteiger partial charge in [0.1, 0.15) is 0 Å². The molecule has 104 valence electrons. The first-order valence-electron chi connectivity index (χ1n) is 6.12. The minimum Gasteiger partial charge on any atom is -0.368 e. The van der Waals surface area contributed by atoms with Crippen molar-refractivity contribution in [3.63, 3.8) is 0 Å². The fraction of sp³-hybridized carbons (Fsp3) is 0.909. The average molecular weight is 265 g/mol. The quantitative estimate of drug-likeness (QED) is 0.787. The van der Waals surface area contributed by atoms with Gasteiger partial charge in [-0.3, -0.25) is 9.69 Å². The molecule has 0 heterocycles. The van der Waals surface area contributed by atoms with Crippen LogP contribution in [0.1, 0.15) is 32.1 Å². The van der Waals surface area contributed by atoms with Gasteiger partial charge >= 0.3 is 6.18 Å². The number of alkyl halides is 3. The first-order valence-corrected chi connectivity index (χ1v) is 6.12. The fourth-order valence-electron chi connectivity index (χ4n) is 2.73. The highest BCUT2D eigenvalue weighted by molar-refractivity contribution is 5.84. The number of amides is 1. The first-order chi connectivity index (χ1) is 8.21. The number of hydrogen-bond acceptors (Lipinski definition) is 3. The van der Waals surface area contributed by atoms with Crippen molar-refractivity contribution in [2.45, 2.75) is 55.9 Å². The van der Waals surface area contributed by atoms with Crippen molar-refractivity contribution in [1.82, 2.24) is 4.90 Å². The Morgan fingerprint density at radius 1 is 1.28 bits per heavy atom. The molecule has 18 heavy (non-hydrogen) atoms. The van der Waals surface area contributed by atoms with Gasteiger partial charge in [0.05, 0.1) is 12.1 Å². The molecular formula is C11H18F3N3O. The molecule has 2 atom stereocenters. The molecule has 0 aliphatic heterocycles. The second kappa shape index (κ2) is 4.38. The predicted molar refractivity (Wildman–Crippen MR) is 59.5 cm³/mol. The minimum atomic E-state index is -4.21. The summed E-state index contributed by atoms with van der Waals surface area (Å²) in [6.07, 6.45) is -1.52. The van der Waals surface area contributed by atoms with Crippen molar-refractivity contribution < 1.29 is 18.0 Å². The van der Waals surface area contributed by atoms with Crippen molar-refractivity contribution in [1.29, 1.82) is 0 Å². The van der Waals surface area contributed by atoms with Crippen LogP contribution in [0.3, 0.4) is 0 Å². The Bertz CT molecular complexity index is 343. The third-order valence-corrected chi connectivity index (χ3v) is 3.86. The molecule has 7 heteroatoms. The lowest BCUT2D eigenvalue weighted by Crippen LogP contribution is -2.52. The molecule has 0 aromatic heterocycles. The van der Waals surface area contributed by atoms with Crippen LogP contribution in [-0.2, 0) is 4.79 Å². The molecular weight excluding hydrogens is 247 g/mol. The molecule has 2 rings (SSSR count). The largest absolute Gasteiger partial charge is 0.401 e. The van der Waals surface area contributed by atoms with E-state index in [1.165, 1.54) is 4.90 Å². The SMILES string of the molecule is NC(=O)C1(N)CCC(N(CC(F)(F)F)C2CC2)C1. The average Bonchev–Trinajstić information content (AvgIpc) is 2.97. The Kier molecular flexibility index (Phi) is 3.31. The maximum Gasteiger partial charge on any atom is 0.401 e. The van der Waals surface area contributed by atoms with Crippen molar-refractivity contribution in [3.8, 4) is 0 Å². The number of hydrogen-bond donors (Lipinski definition) is 2. The Morgan fingerprint density at radius 2 is 1.89 bits per heavy atom. The van der Waals surface area contributed by atoms with Crippen molar-refractivity contribution >= 4 is 5.91 Å². The molecule has 2 aliphatic carbocycles. The zero-order valence-corrected chi connectivity index (χ0v) is 10.0. The molecule has 4 nitrogen and oxygen atoms in total. The number of halogens is 3. The van der Waals surface area contributed by atoms with E-state index in [9.17, 15) is 18.0 Å². The minimum absolute atomic E-state index is 0.00754. The molecule has 2 saturated carbocycles. The Hall–Kier alpha value is -0.820.